The number of piperazine rings is 1. The SMILES string of the molecule is Cc1ccccc1Nc1ncnc2c1cnn2-c1ccc(N2CCN(C)CC2)cc1. The Morgan fingerprint density at radius 1 is 0.867 bits per heavy atom. The lowest BCUT2D eigenvalue weighted by molar-refractivity contribution is 0.313. The van der Waals surface area contributed by atoms with Crippen LogP contribution in [0, 0.1) is 6.92 Å². The van der Waals surface area contributed by atoms with Crippen LogP contribution in [0.2, 0.25) is 0 Å². The van der Waals surface area contributed by atoms with Crippen LogP contribution in [0.15, 0.2) is 61.1 Å². The number of aromatic nitrogens is 4. The first-order chi connectivity index (χ1) is 14.7. The van der Waals surface area contributed by atoms with E-state index in [0.29, 0.717) is 0 Å². The molecule has 0 saturated carbocycles. The first-order valence-electron chi connectivity index (χ1n) is 10.2. The molecule has 0 amide bonds. The minimum Gasteiger partial charge on any atom is -0.369 e. The van der Waals surface area contributed by atoms with Crippen molar-refractivity contribution in [3.8, 4) is 5.69 Å². The topological polar surface area (TPSA) is 62.1 Å². The van der Waals surface area contributed by atoms with Gasteiger partial charge in [-0.1, -0.05) is 18.2 Å². The summed E-state index contributed by atoms with van der Waals surface area (Å²) in [6.07, 6.45) is 3.41. The van der Waals surface area contributed by atoms with Crippen LogP contribution in [0.5, 0.6) is 0 Å². The number of hydrogen-bond donors (Lipinski definition) is 1. The Bertz CT molecular complexity index is 1160. The minimum absolute atomic E-state index is 0.759. The van der Waals surface area contributed by atoms with E-state index in [-0.39, 0.29) is 0 Å². The molecule has 1 fully saturated rings. The van der Waals surface area contributed by atoms with E-state index in [0.717, 1.165) is 60.0 Å². The minimum atomic E-state index is 0.759. The van der Waals surface area contributed by atoms with E-state index in [9.17, 15) is 0 Å². The van der Waals surface area contributed by atoms with Gasteiger partial charge in [-0.05, 0) is 49.9 Å². The molecule has 30 heavy (non-hydrogen) atoms. The van der Waals surface area contributed by atoms with Crippen LogP contribution in [-0.2, 0) is 0 Å². The zero-order valence-corrected chi connectivity index (χ0v) is 17.3. The normalized spacial score (nSPS) is 14.9. The van der Waals surface area contributed by atoms with E-state index in [1.54, 1.807) is 6.33 Å². The number of aryl methyl sites for hydroxylation is 1. The summed E-state index contributed by atoms with van der Waals surface area (Å²) in [6.45, 7) is 6.38. The Kier molecular flexibility index (Phi) is 4.80. The predicted octanol–water partition coefficient (Wildman–Crippen LogP) is 3.62. The molecular formula is C23H25N7. The molecule has 7 heteroatoms. The molecule has 0 aliphatic carbocycles. The Hall–Kier alpha value is -3.45. The van der Waals surface area contributed by atoms with Crippen LogP contribution in [-0.4, -0.2) is 57.9 Å². The van der Waals surface area contributed by atoms with Crippen molar-refractivity contribution in [3.05, 3.63) is 66.6 Å². The number of hydrogen-bond acceptors (Lipinski definition) is 6. The van der Waals surface area contributed by atoms with Gasteiger partial charge in [0.15, 0.2) is 5.65 Å². The molecule has 7 nitrogen and oxygen atoms in total. The molecule has 1 saturated heterocycles. The number of fused-ring (bicyclic) bond motifs is 1. The monoisotopic (exact) mass is 399 g/mol. The summed E-state index contributed by atoms with van der Waals surface area (Å²) in [5.41, 5.74) is 5.22. The Balaban J connectivity index is 1.43. The maximum Gasteiger partial charge on any atom is 0.168 e. The van der Waals surface area contributed by atoms with E-state index < -0.39 is 0 Å². The van der Waals surface area contributed by atoms with Crippen LogP contribution in [0.25, 0.3) is 16.7 Å². The first-order valence-corrected chi connectivity index (χ1v) is 10.2. The average molecular weight is 400 g/mol. The Labute approximate surface area is 176 Å². The first kappa shape index (κ1) is 18.6. The lowest BCUT2D eigenvalue weighted by atomic mass is 10.2. The summed E-state index contributed by atoms with van der Waals surface area (Å²) in [5, 5.41) is 8.91. The fourth-order valence-corrected chi connectivity index (χ4v) is 3.84. The van der Waals surface area contributed by atoms with Gasteiger partial charge in [0.2, 0.25) is 0 Å². The molecular weight excluding hydrogens is 374 g/mol. The van der Waals surface area contributed by atoms with Gasteiger partial charge in [0, 0.05) is 37.6 Å². The van der Waals surface area contributed by atoms with Crippen molar-refractivity contribution in [2.75, 3.05) is 43.4 Å². The van der Waals surface area contributed by atoms with Crippen LogP contribution >= 0.6 is 0 Å². The molecule has 2 aromatic carbocycles. The molecule has 0 bridgehead atoms. The number of para-hydroxylation sites is 1. The lowest BCUT2D eigenvalue weighted by Gasteiger charge is -2.34. The molecule has 0 unspecified atom stereocenters. The van der Waals surface area contributed by atoms with Crippen LogP contribution in [0.4, 0.5) is 17.2 Å². The van der Waals surface area contributed by atoms with E-state index in [1.807, 2.05) is 29.1 Å². The third-order valence-electron chi connectivity index (χ3n) is 5.73. The standard InChI is InChI=1S/C23H25N7/c1-17-5-3-4-6-21(17)27-22-20-15-26-30(23(20)25-16-24-22)19-9-7-18(8-10-19)29-13-11-28(2)12-14-29/h3-10,15-16H,11-14H2,1-2H3,(H,24,25,27). The molecule has 2 aromatic heterocycles. The maximum atomic E-state index is 4.60. The highest BCUT2D eigenvalue weighted by Crippen LogP contribution is 2.27. The number of anilines is 3. The fourth-order valence-electron chi connectivity index (χ4n) is 3.84. The van der Waals surface area contributed by atoms with Crippen molar-refractivity contribution < 1.29 is 0 Å². The molecule has 4 aromatic rings. The fraction of sp³-hybridized carbons (Fsp3) is 0.261. The molecule has 0 radical (unpaired) electrons. The number of nitrogens with zero attached hydrogens (tertiary/aromatic N) is 6. The predicted molar refractivity (Wildman–Crippen MR) is 121 cm³/mol. The Morgan fingerprint density at radius 3 is 2.37 bits per heavy atom. The van der Waals surface area contributed by atoms with Crippen molar-refractivity contribution in [1.29, 1.82) is 0 Å². The van der Waals surface area contributed by atoms with Crippen molar-refractivity contribution in [1.82, 2.24) is 24.6 Å². The van der Waals surface area contributed by atoms with Crippen molar-refractivity contribution >= 4 is 28.2 Å². The highest BCUT2D eigenvalue weighted by Gasteiger charge is 2.15. The number of rotatable bonds is 4. The summed E-state index contributed by atoms with van der Waals surface area (Å²) in [4.78, 5) is 13.7. The summed E-state index contributed by atoms with van der Waals surface area (Å²) < 4.78 is 1.87. The van der Waals surface area contributed by atoms with E-state index in [2.05, 4.69) is 74.5 Å². The highest BCUT2D eigenvalue weighted by molar-refractivity contribution is 5.89. The summed E-state index contributed by atoms with van der Waals surface area (Å²) >= 11 is 0. The number of nitrogens with one attached hydrogen (secondary N) is 1. The molecule has 1 N–H and O–H groups in total. The summed E-state index contributed by atoms with van der Waals surface area (Å²) in [7, 11) is 2.17. The molecule has 1 aliphatic heterocycles. The Morgan fingerprint density at radius 2 is 1.60 bits per heavy atom. The quantitative estimate of drug-likeness (QED) is 0.566. The molecule has 152 valence electrons. The van der Waals surface area contributed by atoms with E-state index in [1.165, 1.54) is 5.69 Å². The van der Waals surface area contributed by atoms with Gasteiger partial charge in [-0.15, -0.1) is 0 Å². The third kappa shape index (κ3) is 3.48. The second kappa shape index (κ2) is 7.76. The molecule has 0 atom stereocenters. The maximum absolute atomic E-state index is 4.60. The third-order valence-corrected chi connectivity index (χ3v) is 5.73. The average Bonchev–Trinajstić information content (AvgIpc) is 3.21. The zero-order valence-electron chi connectivity index (χ0n) is 17.3. The molecule has 5 rings (SSSR count). The largest absolute Gasteiger partial charge is 0.369 e. The van der Waals surface area contributed by atoms with Gasteiger partial charge in [-0.2, -0.15) is 5.10 Å². The molecule has 1 aliphatic rings. The second-order valence-electron chi connectivity index (χ2n) is 7.76. The van der Waals surface area contributed by atoms with Crippen molar-refractivity contribution in [2.24, 2.45) is 0 Å². The van der Waals surface area contributed by atoms with Crippen molar-refractivity contribution in [3.63, 3.8) is 0 Å². The van der Waals surface area contributed by atoms with Crippen LogP contribution < -0.4 is 10.2 Å². The summed E-state index contributed by atoms with van der Waals surface area (Å²) in [5.74, 6) is 0.759. The second-order valence-corrected chi connectivity index (χ2v) is 7.76. The lowest BCUT2D eigenvalue weighted by Crippen LogP contribution is -2.44. The van der Waals surface area contributed by atoms with Crippen LogP contribution in [0.1, 0.15) is 5.56 Å². The zero-order chi connectivity index (χ0) is 20.5. The van der Waals surface area contributed by atoms with Crippen LogP contribution in [0.3, 0.4) is 0 Å². The molecule has 3 heterocycles. The van der Waals surface area contributed by atoms with E-state index >= 15 is 0 Å². The van der Waals surface area contributed by atoms with Gasteiger partial charge in [0.1, 0.15) is 12.1 Å². The number of likely N-dealkylation sites (N-methyl/N-ethyl adjacent to an activating group) is 1. The highest BCUT2D eigenvalue weighted by atomic mass is 15.3. The van der Waals surface area contributed by atoms with Gasteiger partial charge in [-0.3, -0.25) is 0 Å². The number of benzene rings is 2. The van der Waals surface area contributed by atoms with Gasteiger partial charge >= 0.3 is 0 Å². The molecule has 0 spiro atoms. The van der Waals surface area contributed by atoms with Gasteiger partial charge in [-0.25, -0.2) is 14.6 Å². The van der Waals surface area contributed by atoms with E-state index in [4.69, 9.17) is 0 Å². The van der Waals surface area contributed by atoms with Gasteiger partial charge < -0.3 is 15.1 Å². The van der Waals surface area contributed by atoms with Gasteiger partial charge in [0.05, 0.1) is 17.3 Å². The smallest absolute Gasteiger partial charge is 0.168 e. The summed E-state index contributed by atoms with van der Waals surface area (Å²) in [6, 6.07) is 16.7. The van der Waals surface area contributed by atoms with Crippen molar-refractivity contribution in [2.45, 2.75) is 6.92 Å². The van der Waals surface area contributed by atoms with Gasteiger partial charge in [0.25, 0.3) is 0 Å².